The molecule has 0 amide bonds. The number of piperidine rings is 1. The summed E-state index contributed by atoms with van der Waals surface area (Å²) in [5.74, 6) is 0.00330. The molecule has 130 valence electrons. The van der Waals surface area contributed by atoms with Crippen molar-refractivity contribution in [1.29, 1.82) is 0 Å². The fraction of sp³-hybridized carbons (Fsp3) is 0.174. The number of hydrogen-bond acceptors (Lipinski definition) is 3. The highest BCUT2D eigenvalue weighted by Crippen LogP contribution is 2.41. The lowest BCUT2D eigenvalue weighted by atomic mass is 9.77. The molecule has 3 heteroatoms. The van der Waals surface area contributed by atoms with Gasteiger partial charge < -0.3 is 10.5 Å². The Morgan fingerprint density at radius 3 is 1.73 bits per heavy atom. The van der Waals surface area contributed by atoms with Crippen molar-refractivity contribution in [2.24, 2.45) is 5.16 Å². The van der Waals surface area contributed by atoms with Gasteiger partial charge in [-0.1, -0.05) is 96.2 Å². The SMILES string of the molecule is O/N=C1/C[C@@H](c2ccccc2)N[C@H](c2ccccc2)[C@@H]1c1ccccc1. The van der Waals surface area contributed by atoms with Gasteiger partial charge in [-0.15, -0.1) is 0 Å². The summed E-state index contributed by atoms with van der Waals surface area (Å²) in [4.78, 5) is 0. The van der Waals surface area contributed by atoms with Crippen LogP contribution in [0.4, 0.5) is 0 Å². The van der Waals surface area contributed by atoms with E-state index in [0.29, 0.717) is 6.42 Å². The molecule has 4 rings (SSSR count). The maximum absolute atomic E-state index is 9.81. The second-order valence-electron chi connectivity index (χ2n) is 6.70. The van der Waals surface area contributed by atoms with Gasteiger partial charge in [0, 0.05) is 24.4 Å². The average Bonchev–Trinajstić information content (AvgIpc) is 2.74. The first kappa shape index (κ1) is 16.6. The Bertz CT molecular complexity index is 862. The van der Waals surface area contributed by atoms with Gasteiger partial charge in [0.1, 0.15) is 0 Å². The molecule has 1 fully saturated rings. The Kier molecular flexibility index (Phi) is 4.80. The van der Waals surface area contributed by atoms with Crippen molar-refractivity contribution in [1.82, 2.24) is 5.32 Å². The molecule has 3 atom stereocenters. The zero-order chi connectivity index (χ0) is 17.8. The van der Waals surface area contributed by atoms with Gasteiger partial charge in [0.15, 0.2) is 0 Å². The van der Waals surface area contributed by atoms with Crippen LogP contribution in [-0.4, -0.2) is 10.9 Å². The van der Waals surface area contributed by atoms with E-state index in [1.165, 1.54) is 11.1 Å². The zero-order valence-electron chi connectivity index (χ0n) is 14.5. The van der Waals surface area contributed by atoms with Gasteiger partial charge in [-0.25, -0.2) is 0 Å². The number of oxime groups is 1. The molecular formula is C23H22N2O. The molecule has 0 aromatic heterocycles. The van der Waals surface area contributed by atoms with Crippen molar-refractivity contribution < 1.29 is 5.21 Å². The summed E-state index contributed by atoms with van der Waals surface area (Å²) in [6.07, 6.45) is 0.684. The number of benzene rings is 3. The Hall–Kier alpha value is -2.91. The van der Waals surface area contributed by atoms with Crippen molar-refractivity contribution >= 4 is 5.71 Å². The maximum atomic E-state index is 9.81. The molecule has 0 radical (unpaired) electrons. The summed E-state index contributed by atoms with van der Waals surface area (Å²) in [5.41, 5.74) is 4.38. The third-order valence-corrected chi connectivity index (χ3v) is 5.13. The largest absolute Gasteiger partial charge is 0.411 e. The highest BCUT2D eigenvalue weighted by Gasteiger charge is 2.37. The highest BCUT2D eigenvalue weighted by molar-refractivity contribution is 5.93. The van der Waals surface area contributed by atoms with Crippen LogP contribution in [0.25, 0.3) is 0 Å². The van der Waals surface area contributed by atoms with E-state index in [4.69, 9.17) is 0 Å². The van der Waals surface area contributed by atoms with Gasteiger partial charge in [-0.3, -0.25) is 0 Å². The van der Waals surface area contributed by atoms with E-state index in [1.54, 1.807) is 0 Å². The molecule has 3 nitrogen and oxygen atoms in total. The topological polar surface area (TPSA) is 44.6 Å². The van der Waals surface area contributed by atoms with Crippen LogP contribution in [0.5, 0.6) is 0 Å². The molecule has 26 heavy (non-hydrogen) atoms. The predicted octanol–water partition coefficient (Wildman–Crippen LogP) is 5.08. The van der Waals surface area contributed by atoms with Crippen LogP contribution in [0, 0.1) is 0 Å². The minimum atomic E-state index is 0.00330. The molecule has 0 bridgehead atoms. The molecule has 3 aromatic carbocycles. The molecule has 2 N–H and O–H groups in total. The van der Waals surface area contributed by atoms with Gasteiger partial charge in [0.2, 0.25) is 0 Å². The van der Waals surface area contributed by atoms with E-state index in [9.17, 15) is 5.21 Å². The molecule has 0 aliphatic carbocycles. The van der Waals surface area contributed by atoms with Gasteiger partial charge in [0.05, 0.1) is 5.71 Å². The summed E-state index contributed by atoms with van der Waals surface area (Å²) in [6.45, 7) is 0. The van der Waals surface area contributed by atoms with E-state index in [0.717, 1.165) is 11.3 Å². The normalized spacial score (nSPS) is 24.5. The molecule has 1 aliphatic rings. The molecular weight excluding hydrogens is 320 g/mol. The minimum Gasteiger partial charge on any atom is -0.411 e. The van der Waals surface area contributed by atoms with E-state index >= 15 is 0 Å². The molecule has 0 unspecified atom stereocenters. The number of nitrogens with zero attached hydrogens (tertiary/aromatic N) is 1. The van der Waals surface area contributed by atoms with E-state index < -0.39 is 0 Å². The maximum Gasteiger partial charge on any atom is 0.0683 e. The molecule has 1 saturated heterocycles. The smallest absolute Gasteiger partial charge is 0.0683 e. The summed E-state index contributed by atoms with van der Waals surface area (Å²) < 4.78 is 0. The molecule has 0 saturated carbocycles. The third kappa shape index (κ3) is 3.26. The third-order valence-electron chi connectivity index (χ3n) is 5.13. The monoisotopic (exact) mass is 342 g/mol. The van der Waals surface area contributed by atoms with E-state index in [2.05, 4.69) is 59.0 Å². The lowest BCUT2D eigenvalue weighted by Crippen LogP contribution is -2.41. The van der Waals surface area contributed by atoms with Gasteiger partial charge in [-0.05, 0) is 16.7 Å². The molecule has 1 heterocycles. The standard InChI is InChI=1S/C23H22N2O/c26-25-21-16-20(17-10-4-1-5-11-17)24-23(19-14-8-3-9-15-19)22(21)18-12-6-2-7-13-18/h1-15,20,22-24,26H,16H2/b25-21-/t20-,22+,23+/m0/s1. The second kappa shape index (κ2) is 7.54. The van der Waals surface area contributed by atoms with Crippen molar-refractivity contribution in [2.45, 2.75) is 24.4 Å². The van der Waals surface area contributed by atoms with Crippen LogP contribution in [0.1, 0.15) is 41.1 Å². The minimum absolute atomic E-state index is 0.00330. The summed E-state index contributed by atoms with van der Waals surface area (Å²) in [6, 6.07) is 31.2. The van der Waals surface area contributed by atoms with Crippen LogP contribution in [0.3, 0.4) is 0 Å². The number of hydrogen-bond donors (Lipinski definition) is 2. The van der Waals surface area contributed by atoms with Gasteiger partial charge in [0.25, 0.3) is 0 Å². The quantitative estimate of drug-likeness (QED) is 0.515. The van der Waals surface area contributed by atoms with Crippen LogP contribution < -0.4 is 5.32 Å². The predicted molar refractivity (Wildman–Crippen MR) is 105 cm³/mol. The summed E-state index contributed by atoms with van der Waals surface area (Å²) >= 11 is 0. The highest BCUT2D eigenvalue weighted by atomic mass is 16.4. The van der Waals surface area contributed by atoms with Crippen molar-refractivity contribution in [3.05, 3.63) is 108 Å². The van der Waals surface area contributed by atoms with Gasteiger partial charge in [-0.2, -0.15) is 0 Å². The van der Waals surface area contributed by atoms with Crippen molar-refractivity contribution in [3.8, 4) is 0 Å². The Balaban J connectivity index is 1.78. The first-order valence-electron chi connectivity index (χ1n) is 8.98. The molecule has 1 aliphatic heterocycles. The van der Waals surface area contributed by atoms with Gasteiger partial charge >= 0.3 is 0 Å². The lowest BCUT2D eigenvalue weighted by molar-refractivity contribution is 0.302. The first-order valence-corrected chi connectivity index (χ1v) is 8.98. The fourth-order valence-electron chi connectivity index (χ4n) is 3.90. The zero-order valence-corrected chi connectivity index (χ0v) is 14.5. The summed E-state index contributed by atoms with van der Waals surface area (Å²) in [5, 5.41) is 17.4. The Morgan fingerprint density at radius 1 is 0.692 bits per heavy atom. The van der Waals surface area contributed by atoms with Crippen molar-refractivity contribution in [2.75, 3.05) is 0 Å². The van der Waals surface area contributed by atoms with E-state index in [-0.39, 0.29) is 18.0 Å². The Labute approximate surface area is 154 Å². The van der Waals surface area contributed by atoms with Crippen molar-refractivity contribution in [3.63, 3.8) is 0 Å². The number of rotatable bonds is 3. The fourth-order valence-corrected chi connectivity index (χ4v) is 3.90. The summed E-state index contributed by atoms with van der Waals surface area (Å²) in [7, 11) is 0. The van der Waals surface area contributed by atoms with Crippen LogP contribution >= 0.6 is 0 Å². The van der Waals surface area contributed by atoms with E-state index in [1.807, 2.05) is 42.5 Å². The van der Waals surface area contributed by atoms with Crippen LogP contribution in [-0.2, 0) is 0 Å². The Morgan fingerprint density at radius 2 is 1.19 bits per heavy atom. The average molecular weight is 342 g/mol. The molecule has 0 spiro atoms. The lowest BCUT2D eigenvalue weighted by Gasteiger charge is -2.39. The number of nitrogens with one attached hydrogen (secondary N) is 1. The first-order chi connectivity index (χ1) is 12.9. The van der Waals surface area contributed by atoms with Crippen LogP contribution in [0.15, 0.2) is 96.2 Å². The second-order valence-corrected chi connectivity index (χ2v) is 6.70. The molecule has 3 aromatic rings. The van der Waals surface area contributed by atoms with Crippen LogP contribution in [0.2, 0.25) is 0 Å².